The molecule has 0 saturated carbocycles. The first-order chi connectivity index (χ1) is 14.2. The van der Waals surface area contributed by atoms with E-state index in [4.69, 9.17) is 0 Å². The largest absolute Gasteiger partial charge is 0.355 e. The summed E-state index contributed by atoms with van der Waals surface area (Å²) in [5.41, 5.74) is 1.70. The second kappa shape index (κ2) is 10.6. The molecule has 3 aromatic rings. The van der Waals surface area contributed by atoms with Crippen molar-refractivity contribution in [3.63, 3.8) is 0 Å². The van der Waals surface area contributed by atoms with Gasteiger partial charge >= 0.3 is 0 Å². The molecule has 152 valence electrons. The van der Waals surface area contributed by atoms with E-state index in [1.54, 1.807) is 11.8 Å². The summed E-state index contributed by atoms with van der Waals surface area (Å²) in [6.45, 7) is 0.299. The molecule has 2 aromatic heterocycles. The Morgan fingerprint density at radius 2 is 1.86 bits per heavy atom. The second-order valence-corrected chi connectivity index (χ2v) is 7.64. The van der Waals surface area contributed by atoms with E-state index in [0.717, 1.165) is 29.2 Å². The van der Waals surface area contributed by atoms with Crippen LogP contribution in [0.15, 0.2) is 54.7 Å². The van der Waals surface area contributed by atoms with Gasteiger partial charge < -0.3 is 10.6 Å². The highest BCUT2D eigenvalue weighted by Crippen LogP contribution is 2.18. The van der Waals surface area contributed by atoms with E-state index in [2.05, 4.69) is 20.8 Å². The number of hydrogen-bond acceptors (Lipinski definition) is 5. The van der Waals surface area contributed by atoms with Crippen LogP contribution in [0.1, 0.15) is 30.3 Å². The first-order valence-corrected chi connectivity index (χ1v) is 11.0. The minimum atomic E-state index is -0.229. The predicted molar refractivity (Wildman–Crippen MR) is 115 cm³/mol. The number of carbonyl (C=O) groups is 2. The smallest absolute Gasteiger partial charge is 0.224 e. The van der Waals surface area contributed by atoms with Crippen molar-refractivity contribution in [2.75, 3.05) is 18.6 Å². The third-order valence-electron chi connectivity index (χ3n) is 4.48. The molecule has 2 N–H and O–H groups in total. The monoisotopic (exact) mass is 411 g/mol. The average Bonchev–Trinajstić information content (AvgIpc) is 3.16. The summed E-state index contributed by atoms with van der Waals surface area (Å²) in [5.74, 6) is 1.40. The lowest BCUT2D eigenvalue weighted by Gasteiger charge is -2.17. The van der Waals surface area contributed by atoms with Gasteiger partial charge in [0.2, 0.25) is 11.8 Å². The van der Waals surface area contributed by atoms with Gasteiger partial charge in [-0.1, -0.05) is 36.4 Å². The molecule has 0 saturated heterocycles. The molecule has 0 aliphatic carbocycles. The van der Waals surface area contributed by atoms with Crippen molar-refractivity contribution < 1.29 is 9.59 Å². The van der Waals surface area contributed by atoms with E-state index in [-0.39, 0.29) is 24.3 Å². The Hall–Kier alpha value is -2.87. The molecule has 2 amide bonds. The number of aromatic nitrogens is 3. The zero-order valence-corrected chi connectivity index (χ0v) is 17.2. The Bertz CT molecular complexity index is 944. The van der Waals surface area contributed by atoms with E-state index < -0.39 is 0 Å². The van der Waals surface area contributed by atoms with Crippen LogP contribution in [0.5, 0.6) is 0 Å². The summed E-state index contributed by atoms with van der Waals surface area (Å²) in [4.78, 5) is 24.5. The fraction of sp³-hybridized carbons (Fsp3) is 0.333. The van der Waals surface area contributed by atoms with Gasteiger partial charge in [-0.3, -0.25) is 14.0 Å². The molecule has 0 bridgehead atoms. The van der Waals surface area contributed by atoms with Gasteiger partial charge in [0.15, 0.2) is 11.5 Å². The topological polar surface area (TPSA) is 88.4 Å². The van der Waals surface area contributed by atoms with Gasteiger partial charge in [0.25, 0.3) is 0 Å². The molecule has 7 nitrogen and oxygen atoms in total. The Labute approximate surface area is 174 Å². The quantitative estimate of drug-likeness (QED) is 0.535. The number of carbonyl (C=O) groups excluding carboxylic acids is 2. The first kappa shape index (κ1) is 20.9. The molecule has 0 radical (unpaired) electrons. The molecule has 0 fully saturated rings. The zero-order chi connectivity index (χ0) is 20.5. The predicted octanol–water partition coefficient (Wildman–Crippen LogP) is 2.39. The zero-order valence-electron chi connectivity index (χ0n) is 16.4. The fourth-order valence-electron chi connectivity index (χ4n) is 3.02. The van der Waals surface area contributed by atoms with E-state index in [1.165, 1.54) is 0 Å². The third-order valence-corrected chi connectivity index (χ3v) is 5.12. The van der Waals surface area contributed by atoms with Crippen molar-refractivity contribution in [3.05, 3.63) is 66.1 Å². The molecule has 1 unspecified atom stereocenters. The summed E-state index contributed by atoms with van der Waals surface area (Å²) in [7, 11) is 0. The van der Waals surface area contributed by atoms with E-state index in [1.807, 2.05) is 65.4 Å². The molecule has 8 heteroatoms. The van der Waals surface area contributed by atoms with Gasteiger partial charge in [-0.05, 0) is 36.1 Å². The fourth-order valence-corrected chi connectivity index (χ4v) is 3.50. The summed E-state index contributed by atoms with van der Waals surface area (Å²) in [6, 6.07) is 15.0. The molecule has 0 spiro atoms. The highest BCUT2D eigenvalue weighted by Gasteiger charge is 2.20. The number of nitrogens with one attached hydrogen (secondary N) is 2. The van der Waals surface area contributed by atoms with Crippen LogP contribution < -0.4 is 10.6 Å². The van der Waals surface area contributed by atoms with Crippen molar-refractivity contribution in [2.45, 2.75) is 25.3 Å². The second-order valence-electron chi connectivity index (χ2n) is 6.65. The normalized spacial score (nSPS) is 11.9. The number of nitrogens with zero attached hydrogens (tertiary/aromatic N) is 3. The number of hydrogen-bond donors (Lipinski definition) is 2. The van der Waals surface area contributed by atoms with Crippen LogP contribution in [-0.2, 0) is 16.0 Å². The summed E-state index contributed by atoms with van der Waals surface area (Å²) < 4.78 is 1.90. The van der Waals surface area contributed by atoms with Crippen LogP contribution in [0.2, 0.25) is 0 Å². The van der Waals surface area contributed by atoms with E-state index >= 15 is 0 Å². The Morgan fingerprint density at radius 1 is 1.07 bits per heavy atom. The van der Waals surface area contributed by atoms with Gasteiger partial charge in [0, 0.05) is 19.2 Å². The summed E-state index contributed by atoms with van der Waals surface area (Å²) in [6.07, 6.45) is 5.20. The first-order valence-electron chi connectivity index (χ1n) is 9.56. The highest BCUT2D eigenvalue weighted by molar-refractivity contribution is 7.98. The molecular formula is C21H25N5O2S. The molecular weight excluding hydrogens is 386 g/mol. The lowest BCUT2D eigenvalue weighted by Crippen LogP contribution is -2.34. The van der Waals surface area contributed by atoms with Gasteiger partial charge in [-0.2, -0.15) is 11.8 Å². The standard InChI is InChI=1S/C21H25N5O2S/c1-29-14-11-17(21-25-24-18-9-5-6-13-26(18)21)23-19(27)10-12-22-20(28)15-16-7-3-2-4-8-16/h2-9,13,17H,10-12,14-15H2,1H3,(H,22,28)(H,23,27). The van der Waals surface area contributed by atoms with Crippen LogP contribution in [-0.4, -0.2) is 45.0 Å². The SMILES string of the molecule is CSCCC(NC(=O)CCNC(=O)Cc1ccccc1)c1nnc2ccccn12. The minimum Gasteiger partial charge on any atom is -0.355 e. The number of pyridine rings is 1. The maximum atomic E-state index is 12.5. The number of benzene rings is 1. The Kier molecular flexibility index (Phi) is 7.63. The number of fused-ring (bicyclic) bond motifs is 1. The van der Waals surface area contributed by atoms with Crippen molar-refractivity contribution in [2.24, 2.45) is 0 Å². The Balaban J connectivity index is 1.53. The molecule has 0 aliphatic heterocycles. The maximum absolute atomic E-state index is 12.5. The van der Waals surface area contributed by atoms with Crippen LogP contribution >= 0.6 is 11.8 Å². The van der Waals surface area contributed by atoms with Gasteiger partial charge in [0.05, 0.1) is 12.5 Å². The lowest BCUT2D eigenvalue weighted by atomic mass is 10.1. The number of thioether (sulfide) groups is 1. The van der Waals surface area contributed by atoms with Gasteiger partial charge in [0.1, 0.15) is 0 Å². The van der Waals surface area contributed by atoms with Crippen LogP contribution in [0.25, 0.3) is 5.65 Å². The third kappa shape index (κ3) is 6.05. The van der Waals surface area contributed by atoms with Crippen molar-refractivity contribution in [3.8, 4) is 0 Å². The molecule has 1 aromatic carbocycles. The van der Waals surface area contributed by atoms with E-state index in [0.29, 0.717) is 13.0 Å². The Morgan fingerprint density at radius 3 is 2.66 bits per heavy atom. The highest BCUT2D eigenvalue weighted by atomic mass is 32.2. The number of amides is 2. The molecule has 3 rings (SSSR count). The average molecular weight is 412 g/mol. The molecule has 29 heavy (non-hydrogen) atoms. The van der Waals surface area contributed by atoms with Crippen molar-refractivity contribution in [1.29, 1.82) is 0 Å². The van der Waals surface area contributed by atoms with Crippen molar-refractivity contribution in [1.82, 2.24) is 25.2 Å². The van der Waals surface area contributed by atoms with Crippen molar-refractivity contribution >= 4 is 29.2 Å². The maximum Gasteiger partial charge on any atom is 0.224 e. The summed E-state index contributed by atoms with van der Waals surface area (Å²) in [5, 5.41) is 14.3. The van der Waals surface area contributed by atoms with Crippen LogP contribution in [0.3, 0.4) is 0 Å². The van der Waals surface area contributed by atoms with Crippen LogP contribution in [0.4, 0.5) is 0 Å². The molecule has 1 atom stereocenters. The van der Waals surface area contributed by atoms with Gasteiger partial charge in [-0.25, -0.2) is 0 Å². The van der Waals surface area contributed by atoms with Crippen LogP contribution in [0, 0.1) is 0 Å². The molecule has 0 aliphatic rings. The van der Waals surface area contributed by atoms with E-state index in [9.17, 15) is 9.59 Å². The van der Waals surface area contributed by atoms with Gasteiger partial charge in [-0.15, -0.1) is 10.2 Å². The molecule has 2 heterocycles. The lowest BCUT2D eigenvalue weighted by molar-refractivity contribution is -0.122. The number of rotatable bonds is 10. The minimum absolute atomic E-state index is 0.0913. The summed E-state index contributed by atoms with van der Waals surface area (Å²) >= 11 is 1.72.